The molecule has 0 aliphatic heterocycles. The Morgan fingerprint density at radius 2 is 1.43 bits per heavy atom. The molecule has 0 aromatic heterocycles. The van der Waals surface area contributed by atoms with Crippen molar-refractivity contribution in [3.05, 3.63) is 69.2 Å². The molecule has 0 radical (unpaired) electrons. The molecule has 148 valence electrons. The van der Waals surface area contributed by atoms with Gasteiger partial charge in [0.05, 0.1) is 21.7 Å². The molecule has 9 heteroatoms. The van der Waals surface area contributed by atoms with Crippen LogP contribution in [0.25, 0.3) is 0 Å². The number of hydrogen-bond donors (Lipinski definition) is 0. The fourth-order valence-corrected chi connectivity index (χ4v) is 2.55. The van der Waals surface area contributed by atoms with Gasteiger partial charge in [-0.3, -0.25) is 9.59 Å². The highest BCUT2D eigenvalue weighted by Gasteiger charge is 2.35. The highest BCUT2D eigenvalue weighted by atomic mass is 35.5. The molecule has 0 bridgehead atoms. The Hall–Kier alpha value is -1.81. The monoisotopic (exact) mass is 459 g/mol. The highest BCUT2D eigenvalue weighted by Crippen LogP contribution is 2.27. The Morgan fingerprint density at radius 1 is 0.929 bits per heavy atom. The number of carbonyl (C=O) groups is 2. The largest absolute Gasteiger partial charge is 0.276 e. The van der Waals surface area contributed by atoms with Gasteiger partial charge in [-0.05, 0) is 63.2 Å². The lowest BCUT2D eigenvalue weighted by Crippen LogP contribution is -2.52. The molecular formula is C19H17Cl4N3O2. The van der Waals surface area contributed by atoms with Crippen LogP contribution in [-0.4, -0.2) is 26.9 Å². The van der Waals surface area contributed by atoms with Crippen LogP contribution in [0.15, 0.2) is 42.5 Å². The minimum atomic E-state index is -0.740. The van der Waals surface area contributed by atoms with Crippen LogP contribution in [0.2, 0.25) is 10.0 Å². The van der Waals surface area contributed by atoms with Crippen LogP contribution >= 0.6 is 47.4 Å². The standard InChI is InChI=1S/C19H16Cl3N3O2.ClH/c1-19(2,3)25(22)24(17(26)13-6-4-12(11-23)5-7-13)18(27)14-8-9-15(20)16(21)10-14;/h4-10H,1-3H3;1H. The number of hydrogen-bond acceptors (Lipinski definition) is 4. The molecule has 0 aliphatic carbocycles. The lowest BCUT2D eigenvalue weighted by atomic mass is 10.1. The third kappa shape index (κ3) is 5.38. The summed E-state index contributed by atoms with van der Waals surface area (Å²) in [5.74, 6) is -1.30. The second kappa shape index (κ2) is 9.60. The first-order valence-electron chi connectivity index (χ1n) is 7.86. The smallest absolute Gasteiger partial charge is 0.267 e. The first kappa shape index (κ1) is 24.2. The van der Waals surface area contributed by atoms with Crippen LogP contribution in [-0.2, 0) is 0 Å². The minimum absolute atomic E-state index is 0. The van der Waals surface area contributed by atoms with Crippen LogP contribution in [0, 0.1) is 11.3 Å². The summed E-state index contributed by atoms with van der Waals surface area (Å²) < 4.78 is 1.04. The van der Waals surface area contributed by atoms with Gasteiger partial charge in [-0.15, -0.1) is 16.9 Å². The summed E-state index contributed by atoms with van der Waals surface area (Å²) in [5.41, 5.74) is 0.0152. The molecule has 2 aromatic carbocycles. The van der Waals surface area contributed by atoms with Crippen LogP contribution < -0.4 is 0 Å². The average molecular weight is 461 g/mol. The van der Waals surface area contributed by atoms with E-state index in [4.69, 9.17) is 40.2 Å². The molecule has 0 saturated heterocycles. The molecule has 0 saturated carbocycles. The zero-order chi connectivity index (χ0) is 20.4. The van der Waals surface area contributed by atoms with E-state index in [0.29, 0.717) is 5.56 Å². The Labute approximate surface area is 184 Å². The van der Waals surface area contributed by atoms with E-state index in [9.17, 15) is 9.59 Å². The third-order valence-corrected chi connectivity index (χ3v) is 4.94. The molecule has 5 nitrogen and oxygen atoms in total. The number of carbonyl (C=O) groups excluding carboxylic acids is 2. The maximum absolute atomic E-state index is 13.1. The molecule has 0 N–H and O–H groups in total. The molecule has 0 unspecified atom stereocenters. The number of rotatable bonds is 3. The van der Waals surface area contributed by atoms with Gasteiger partial charge in [0.2, 0.25) is 0 Å². The van der Waals surface area contributed by atoms with Crippen molar-refractivity contribution in [2.24, 2.45) is 0 Å². The van der Waals surface area contributed by atoms with E-state index in [-0.39, 0.29) is 33.6 Å². The quantitative estimate of drug-likeness (QED) is 0.332. The van der Waals surface area contributed by atoms with E-state index in [1.807, 2.05) is 6.07 Å². The zero-order valence-electron chi connectivity index (χ0n) is 15.2. The van der Waals surface area contributed by atoms with E-state index in [0.717, 1.165) is 9.54 Å². The number of amides is 2. The number of halogens is 4. The minimum Gasteiger partial charge on any atom is -0.267 e. The van der Waals surface area contributed by atoms with Gasteiger partial charge in [0.15, 0.2) is 0 Å². The lowest BCUT2D eigenvalue weighted by molar-refractivity contribution is 0.00544. The van der Waals surface area contributed by atoms with E-state index in [1.54, 1.807) is 20.8 Å². The summed E-state index contributed by atoms with van der Waals surface area (Å²) in [5, 5.41) is 10.2. The van der Waals surface area contributed by atoms with Crippen molar-refractivity contribution >= 4 is 59.2 Å². The molecule has 0 aliphatic rings. The third-order valence-electron chi connectivity index (χ3n) is 3.54. The lowest BCUT2D eigenvalue weighted by Gasteiger charge is -2.36. The molecule has 28 heavy (non-hydrogen) atoms. The van der Waals surface area contributed by atoms with E-state index in [1.165, 1.54) is 42.5 Å². The summed E-state index contributed by atoms with van der Waals surface area (Å²) in [4.78, 5) is 26.1. The summed E-state index contributed by atoms with van der Waals surface area (Å²) in [6.07, 6.45) is 0. The Kier molecular flexibility index (Phi) is 8.30. The number of nitrogens with zero attached hydrogens (tertiary/aromatic N) is 3. The number of nitriles is 1. The van der Waals surface area contributed by atoms with E-state index in [2.05, 4.69) is 0 Å². The maximum Gasteiger partial charge on any atom is 0.276 e. The van der Waals surface area contributed by atoms with Gasteiger partial charge in [0.25, 0.3) is 11.8 Å². The first-order chi connectivity index (χ1) is 12.6. The van der Waals surface area contributed by atoms with Crippen LogP contribution in [0.1, 0.15) is 47.1 Å². The van der Waals surface area contributed by atoms with Gasteiger partial charge in [0, 0.05) is 28.4 Å². The summed E-state index contributed by atoms with van der Waals surface area (Å²) in [6.45, 7) is 5.25. The fraction of sp³-hybridized carbons (Fsp3) is 0.211. The maximum atomic E-state index is 13.1. The van der Waals surface area contributed by atoms with Crippen molar-refractivity contribution in [3.8, 4) is 6.07 Å². The second-order valence-electron chi connectivity index (χ2n) is 6.67. The van der Waals surface area contributed by atoms with Crippen LogP contribution in [0.5, 0.6) is 0 Å². The predicted molar refractivity (Wildman–Crippen MR) is 113 cm³/mol. The molecule has 0 fully saturated rings. The van der Waals surface area contributed by atoms with Crippen LogP contribution in [0.4, 0.5) is 0 Å². The number of benzene rings is 2. The van der Waals surface area contributed by atoms with Crippen molar-refractivity contribution in [3.63, 3.8) is 0 Å². The van der Waals surface area contributed by atoms with E-state index >= 15 is 0 Å². The second-order valence-corrected chi connectivity index (χ2v) is 7.81. The fourth-order valence-electron chi connectivity index (χ4n) is 2.11. The van der Waals surface area contributed by atoms with Gasteiger partial charge >= 0.3 is 0 Å². The Morgan fingerprint density at radius 3 is 1.89 bits per heavy atom. The van der Waals surface area contributed by atoms with Gasteiger partial charge in [-0.2, -0.15) is 10.3 Å². The van der Waals surface area contributed by atoms with Crippen molar-refractivity contribution in [2.75, 3.05) is 0 Å². The van der Waals surface area contributed by atoms with Crippen LogP contribution in [0.3, 0.4) is 0 Å². The zero-order valence-corrected chi connectivity index (χ0v) is 18.3. The van der Waals surface area contributed by atoms with Gasteiger partial charge in [-0.1, -0.05) is 23.2 Å². The van der Waals surface area contributed by atoms with Crippen molar-refractivity contribution < 1.29 is 9.59 Å². The summed E-state index contributed by atoms with van der Waals surface area (Å²) in [6, 6.07) is 12.2. The molecule has 2 amide bonds. The average Bonchev–Trinajstić information content (AvgIpc) is 2.63. The molecule has 2 rings (SSSR count). The van der Waals surface area contributed by atoms with Crippen molar-refractivity contribution in [1.29, 1.82) is 5.26 Å². The normalized spacial score (nSPS) is 10.8. The molecule has 0 atom stereocenters. The summed E-state index contributed by atoms with van der Waals surface area (Å²) in [7, 11) is 0. The molecular weight excluding hydrogens is 444 g/mol. The van der Waals surface area contributed by atoms with Gasteiger partial charge in [-0.25, -0.2) is 0 Å². The van der Waals surface area contributed by atoms with E-state index < -0.39 is 17.4 Å². The van der Waals surface area contributed by atoms with Gasteiger partial charge in [0.1, 0.15) is 0 Å². The summed E-state index contributed by atoms with van der Waals surface area (Å²) >= 11 is 18.2. The number of imide groups is 1. The highest BCUT2D eigenvalue weighted by molar-refractivity contribution is 6.42. The predicted octanol–water partition coefficient (Wildman–Crippen LogP) is 5.74. The van der Waals surface area contributed by atoms with Gasteiger partial charge < -0.3 is 0 Å². The molecule has 0 spiro atoms. The van der Waals surface area contributed by atoms with Crippen molar-refractivity contribution in [1.82, 2.24) is 9.54 Å². The Balaban J connectivity index is 0.00000392. The Bertz CT molecular complexity index is 918. The molecule has 2 aromatic rings. The van der Waals surface area contributed by atoms with Crippen molar-refractivity contribution in [2.45, 2.75) is 26.3 Å². The SMILES string of the molecule is CC(C)(C)N(Cl)N(C(=O)c1ccc(C#N)cc1)C(=O)c1ccc(Cl)c(Cl)c1.Cl. The first-order valence-corrected chi connectivity index (χ1v) is 8.95. The number of hydrazine groups is 1. The topological polar surface area (TPSA) is 64.4 Å². The molecule has 0 heterocycles.